The van der Waals surface area contributed by atoms with E-state index in [-0.39, 0.29) is 23.1 Å². The molecule has 0 aliphatic heterocycles. The first-order valence-corrected chi connectivity index (χ1v) is 6.70. The molecular weight excluding hydrogens is 316 g/mol. The van der Waals surface area contributed by atoms with E-state index in [9.17, 15) is 9.90 Å². The first kappa shape index (κ1) is 15.1. The topological polar surface area (TPSA) is 157 Å². The van der Waals surface area contributed by atoms with Crippen molar-refractivity contribution >= 4 is 17.9 Å². The number of carbonyl (C=O) groups excluding carboxylic acids is 1. The molecule has 0 aliphatic carbocycles. The molecule has 3 aromatic rings. The molecule has 3 rings (SSSR count). The molecule has 0 spiro atoms. The molecule has 11 heteroatoms. The maximum Gasteiger partial charge on any atom is 0.293 e. The largest absolute Gasteiger partial charge is 0.507 e. The first-order chi connectivity index (χ1) is 11.6. The van der Waals surface area contributed by atoms with Crippen LogP contribution in [0.1, 0.15) is 21.7 Å². The lowest BCUT2D eigenvalue weighted by atomic mass is 10.2. The van der Waals surface area contributed by atoms with Crippen molar-refractivity contribution in [2.75, 3.05) is 5.73 Å². The van der Waals surface area contributed by atoms with Gasteiger partial charge in [0.05, 0.1) is 11.9 Å². The summed E-state index contributed by atoms with van der Waals surface area (Å²) in [7, 11) is 0. The second kappa shape index (κ2) is 6.16. The van der Waals surface area contributed by atoms with Crippen molar-refractivity contribution in [1.82, 2.24) is 30.7 Å². The third-order valence-electron chi connectivity index (χ3n) is 3.11. The molecule has 0 fully saturated rings. The Morgan fingerprint density at radius 1 is 1.42 bits per heavy atom. The average molecular weight is 328 g/mol. The number of hydrogen-bond acceptors (Lipinski definition) is 9. The van der Waals surface area contributed by atoms with Gasteiger partial charge in [0.15, 0.2) is 5.69 Å². The summed E-state index contributed by atoms with van der Waals surface area (Å²) in [5.41, 5.74) is 8.76. The molecule has 0 unspecified atom stereocenters. The molecule has 0 aliphatic rings. The van der Waals surface area contributed by atoms with Crippen molar-refractivity contribution < 1.29 is 14.5 Å². The number of nitrogens with two attached hydrogens (primary N) is 1. The third kappa shape index (κ3) is 2.77. The van der Waals surface area contributed by atoms with E-state index in [1.807, 2.05) is 0 Å². The first-order valence-electron chi connectivity index (χ1n) is 6.70. The van der Waals surface area contributed by atoms with E-state index in [1.54, 1.807) is 25.1 Å². The van der Waals surface area contributed by atoms with Gasteiger partial charge in [-0.1, -0.05) is 17.3 Å². The zero-order chi connectivity index (χ0) is 17.1. The van der Waals surface area contributed by atoms with Gasteiger partial charge in [-0.05, 0) is 29.4 Å². The highest BCUT2D eigenvalue weighted by atomic mass is 16.6. The number of aromatic hydroxyl groups is 1. The summed E-state index contributed by atoms with van der Waals surface area (Å²) < 4.78 is 5.72. The Bertz CT molecular complexity index is 914. The number of amides is 1. The summed E-state index contributed by atoms with van der Waals surface area (Å²) >= 11 is 0. The predicted octanol–water partition coefficient (Wildman–Crippen LogP) is 0.0104. The lowest BCUT2D eigenvalue weighted by molar-refractivity contribution is 0.0949. The maximum atomic E-state index is 12.1. The van der Waals surface area contributed by atoms with Crippen LogP contribution in [0.25, 0.3) is 5.82 Å². The molecule has 0 bridgehead atoms. The van der Waals surface area contributed by atoms with Crippen molar-refractivity contribution in [2.45, 2.75) is 6.92 Å². The number of benzene rings is 1. The standard InChI is InChI=1S/C13H12N8O3/c1-7-10(16-20-21(7)12-11(14)18-24-19-12)13(23)17-15-6-8-4-2-3-5-9(8)22/h2-6,22H,1H3,(H2,14,18)(H,17,23)/b15-6+. The molecule has 24 heavy (non-hydrogen) atoms. The van der Waals surface area contributed by atoms with Gasteiger partial charge in [0.25, 0.3) is 5.91 Å². The fourth-order valence-corrected chi connectivity index (χ4v) is 1.89. The third-order valence-corrected chi connectivity index (χ3v) is 3.11. The molecule has 4 N–H and O–H groups in total. The number of aromatic nitrogens is 5. The zero-order valence-electron chi connectivity index (χ0n) is 12.4. The van der Waals surface area contributed by atoms with E-state index < -0.39 is 5.91 Å². The van der Waals surface area contributed by atoms with E-state index in [0.717, 1.165) is 0 Å². The number of anilines is 1. The van der Waals surface area contributed by atoms with Gasteiger partial charge >= 0.3 is 0 Å². The number of nitrogens with one attached hydrogen (secondary N) is 1. The molecule has 0 radical (unpaired) electrons. The Kier molecular flexibility index (Phi) is 3.89. The van der Waals surface area contributed by atoms with Crippen LogP contribution in [-0.2, 0) is 0 Å². The second-order valence-corrected chi connectivity index (χ2v) is 4.67. The number of para-hydroxylation sites is 1. The Morgan fingerprint density at radius 3 is 2.92 bits per heavy atom. The zero-order valence-corrected chi connectivity index (χ0v) is 12.4. The van der Waals surface area contributed by atoms with Crippen LogP contribution in [-0.4, -0.2) is 42.5 Å². The number of nitrogen functional groups attached to an aromatic ring is 1. The molecule has 0 atom stereocenters. The Morgan fingerprint density at radius 2 is 2.21 bits per heavy atom. The molecular formula is C13H12N8O3. The highest BCUT2D eigenvalue weighted by Crippen LogP contribution is 2.15. The van der Waals surface area contributed by atoms with Crippen LogP contribution in [0.2, 0.25) is 0 Å². The van der Waals surface area contributed by atoms with Crippen LogP contribution in [0.3, 0.4) is 0 Å². The van der Waals surface area contributed by atoms with Crippen molar-refractivity contribution in [2.24, 2.45) is 5.10 Å². The van der Waals surface area contributed by atoms with E-state index >= 15 is 0 Å². The maximum absolute atomic E-state index is 12.1. The van der Waals surface area contributed by atoms with Gasteiger partial charge in [0.2, 0.25) is 11.6 Å². The summed E-state index contributed by atoms with van der Waals surface area (Å²) in [5, 5.41) is 28.0. The molecule has 2 aromatic heterocycles. The fraction of sp³-hybridized carbons (Fsp3) is 0.0769. The van der Waals surface area contributed by atoms with Gasteiger partial charge in [-0.15, -0.1) is 5.10 Å². The van der Waals surface area contributed by atoms with Crippen molar-refractivity contribution in [3.63, 3.8) is 0 Å². The highest BCUT2D eigenvalue weighted by molar-refractivity contribution is 5.94. The Labute approximate surface area is 134 Å². The number of phenolic OH excluding ortho intramolecular Hbond substituents is 1. The van der Waals surface area contributed by atoms with E-state index in [4.69, 9.17) is 5.73 Å². The van der Waals surface area contributed by atoms with Crippen molar-refractivity contribution in [1.29, 1.82) is 0 Å². The molecule has 0 saturated carbocycles. The van der Waals surface area contributed by atoms with E-state index in [0.29, 0.717) is 11.3 Å². The van der Waals surface area contributed by atoms with Crippen LogP contribution in [0, 0.1) is 6.92 Å². The molecule has 122 valence electrons. The number of rotatable bonds is 4. The van der Waals surface area contributed by atoms with Gasteiger partial charge in [-0.25, -0.2) is 10.1 Å². The van der Waals surface area contributed by atoms with Gasteiger partial charge in [0, 0.05) is 5.56 Å². The summed E-state index contributed by atoms with van der Waals surface area (Å²) in [6, 6.07) is 6.56. The second-order valence-electron chi connectivity index (χ2n) is 4.67. The molecule has 1 amide bonds. The molecule has 0 saturated heterocycles. The fourth-order valence-electron chi connectivity index (χ4n) is 1.89. The van der Waals surface area contributed by atoms with Gasteiger partial charge in [-0.2, -0.15) is 9.78 Å². The van der Waals surface area contributed by atoms with E-state index in [2.05, 4.69) is 35.8 Å². The molecule has 11 nitrogen and oxygen atoms in total. The van der Waals surface area contributed by atoms with Crippen LogP contribution in [0.15, 0.2) is 34.0 Å². The summed E-state index contributed by atoms with van der Waals surface area (Å²) in [6.45, 7) is 1.61. The number of hydrogen-bond donors (Lipinski definition) is 3. The smallest absolute Gasteiger partial charge is 0.293 e. The summed E-state index contributed by atoms with van der Waals surface area (Å²) in [5.74, 6) is -0.378. The molecule has 1 aromatic carbocycles. The Hall–Kier alpha value is -3.76. The monoisotopic (exact) mass is 328 g/mol. The Balaban J connectivity index is 1.76. The average Bonchev–Trinajstić information content (AvgIpc) is 3.14. The summed E-state index contributed by atoms with van der Waals surface area (Å²) in [4.78, 5) is 12.1. The normalized spacial score (nSPS) is 11.0. The number of nitrogens with zero attached hydrogens (tertiary/aromatic N) is 6. The minimum Gasteiger partial charge on any atom is -0.507 e. The summed E-state index contributed by atoms with van der Waals surface area (Å²) in [6.07, 6.45) is 1.31. The van der Waals surface area contributed by atoms with Crippen LogP contribution in [0.4, 0.5) is 5.82 Å². The van der Waals surface area contributed by atoms with Crippen LogP contribution >= 0.6 is 0 Å². The highest BCUT2D eigenvalue weighted by Gasteiger charge is 2.20. The van der Waals surface area contributed by atoms with Gasteiger partial charge in [0.1, 0.15) is 5.75 Å². The lowest BCUT2D eigenvalue weighted by Gasteiger charge is -2.00. The number of phenols is 1. The SMILES string of the molecule is Cc1c(C(=O)N/N=C/c2ccccc2O)nnn1-c1nonc1N. The lowest BCUT2D eigenvalue weighted by Crippen LogP contribution is -2.19. The van der Waals surface area contributed by atoms with E-state index in [1.165, 1.54) is 17.0 Å². The number of hydrazone groups is 1. The minimum absolute atomic E-state index is 0.0209. The van der Waals surface area contributed by atoms with Gasteiger partial charge < -0.3 is 10.8 Å². The van der Waals surface area contributed by atoms with Gasteiger partial charge in [-0.3, -0.25) is 4.79 Å². The number of carbonyl (C=O) groups is 1. The quantitative estimate of drug-likeness (QED) is 0.446. The minimum atomic E-state index is -0.583. The van der Waals surface area contributed by atoms with Crippen LogP contribution < -0.4 is 11.2 Å². The molecule has 2 heterocycles. The van der Waals surface area contributed by atoms with Crippen molar-refractivity contribution in [3.05, 3.63) is 41.2 Å². The predicted molar refractivity (Wildman–Crippen MR) is 81.5 cm³/mol. The van der Waals surface area contributed by atoms with Crippen molar-refractivity contribution in [3.8, 4) is 11.6 Å². The van der Waals surface area contributed by atoms with Crippen LogP contribution in [0.5, 0.6) is 5.75 Å².